The quantitative estimate of drug-likeness (QED) is 0.0570. The van der Waals surface area contributed by atoms with E-state index in [1.165, 1.54) is 70.6 Å². The zero-order valence-electron chi connectivity index (χ0n) is 31.6. The summed E-state index contributed by atoms with van der Waals surface area (Å²) in [5, 5.41) is 11.9. The first kappa shape index (κ1) is 44.2. The monoisotopic (exact) mass is 670 g/mol. The van der Waals surface area contributed by atoms with Crippen molar-refractivity contribution in [3.8, 4) is 0 Å². The maximum atomic E-state index is 13.5. The van der Waals surface area contributed by atoms with E-state index < -0.39 is 11.6 Å². The summed E-state index contributed by atoms with van der Waals surface area (Å²) in [7, 11) is 0. The second-order valence-electron chi connectivity index (χ2n) is 13.9. The molecule has 0 radical (unpaired) electrons. The Morgan fingerprint density at radius 1 is 0.604 bits per heavy atom. The molecule has 1 heterocycles. The number of rotatable bonds is 32. The van der Waals surface area contributed by atoms with Gasteiger partial charge in [0.15, 0.2) is 11.5 Å². The van der Waals surface area contributed by atoms with Gasteiger partial charge in [-0.15, -0.1) is 0 Å². The number of aliphatic hydroxyl groups is 1. The fraction of sp³-hybridized carbons (Fsp3) is 0.767. The van der Waals surface area contributed by atoms with Crippen molar-refractivity contribution in [1.29, 1.82) is 0 Å². The summed E-state index contributed by atoms with van der Waals surface area (Å²) in [6, 6.07) is 0. The van der Waals surface area contributed by atoms with Gasteiger partial charge in [-0.2, -0.15) is 0 Å². The Balaban J connectivity index is 2.31. The van der Waals surface area contributed by atoms with E-state index in [9.17, 15) is 14.7 Å². The molecule has 1 aliphatic rings. The number of ketones is 2. The number of allylic oxidation sites excluding steroid dienone is 8. The number of hydrogen-bond donors (Lipinski definition) is 1. The van der Waals surface area contributed by atoms with Crippen LogP contribution in [0.5, 0.6) is 0 Å². The fourth-order valence-corrected chi connectivity index (χ4v) is 6.43. The number of ether oxygens (including phenoxy) is 1. The van der Waals surface area contributed by atoms with E-state index in [4.69, 9.17) is 4.74 Å². The Morgan fingerprint density at radius 2 is 1.00 bits per heavy atom. The molecule has 0 amide bonds. The van der Waals surface area contributed by atoms with Gasteiger partial charge in [0, 0.05) is 25.9 Å². The molecule has 0 bridgehead atoms. The molecule has 2 unspecified atom stereocenters. The van der Waals surface area contributed by atoms with Gasteiger partial charge in [-0.1, -0.05) is 134 Å². The summed E-state index contributed by atoms with van der Waals surface area (Å²) in [6.45, 7) is 8.15. The maximum absolute atomic E-state index is 13.5. The molecule has 5 heteroatoms. The highest BCUT2D eigenvalue weighted by Gasteiger charge is 2.48. The molecule has 2 atom stereocenters. The van der Waals surface area contributed by atoms with E-state index in [-0.39, 0.29) is 11.6 Å². The zero-order chi connectivity index (χ0) is 35.0. The van der Waals surface area contributed by atoms with Crippen molar-refractivity contribution in [2.24, 2.45) is 5.92 Å². The van der Waals surface area contributed by atoms with Gasteiger partial charge in [0.2, 0.25) is 0 Å². The van der Waals surface area contributed by atoms with Gasteiger partial charge in [-0.05, 0) is 77.0 Å². The first-order chi connectivity index (χ1) is 23.5. The van der Waals surface area contributed by atoms with E-state index in [0.29, 0.717) is 39.1 Å². The van der Waals surface area contributed by atoms with Gasteiger partial charge >= 0.3 is 0 Å². The van der Waals surface area contributed by atoms with Crippen LogP contribution in [0.25, 0.3) is 0 Å². The van der Waals surface area contributed by atoms with Crippen molar-refractivity contribution in [2.75, 3.05) is 26.3 Å². The maximum Gasteiger partial charge on any atom is 0.187 e. The second kappa shape index (κ2) is 31.2. The number of morpholine rings is 1. The Bertz CT molecular complexity index is 900. The Hall–Kier alpha value is -1.82. The Kier molecular flexibility index (Phi) is 28.7. The highest BCUT2D eigenvalue weighted by atomic mass is 16.5. The third-order valence-corrected chi connectivity index (χ3v) is 9.72. The number of unbranched alkanes of at least 4 members (excludes halogenated alkanes) is 16. The molecule has 276 valence electrons. The number of carbonyl (C=O) groups is 2. The van der Waals surface area contributed by atoms with E-state index in [0.717, 1.165) is 70.6 Å². The average molecular weight is 670 g/mol. The molecule has 0 aromatic rings. The summed E-state index contributed by atoms with van der Waals surface area (Å²) in [6.07, 6.45) is 43.9. The predicted octanol–water partition coefficient (Wildman–Crippen LogP) is 11.4. The van der Waals surface area contributed by atoms with E-state index in [1.54, 1.807) is 6.92 Å². The minimum Gasteiger partial charge on any atom is -0.379 e. The topological polar surface area (TPSA) is 66.8 Å². The standard InChI is InChI=1S/C43H75NO4/c1-4-6-8-10-12-14-16-18-20-22-24-26-28-30-32-34-41(45)40(3)43(47,44-36-38-48-39-37-44)42(46)35-33-31-29-27-25-23-21-19-17-15-13-11-9-7-5-2/h12-15,18-21,40,47H,4-11,16-17,22-39H2,1-3H3/b14-12-,15-13-,20-18-,21-19-. The number of hydrogen-bond acceptors (Lipinski definition) is 5. The molecule has 0 aromatic carbocycles. The third kappa shape index (κ3) is 21.3. The van der Waals surface area contributed by atoms with Crippen molar-refractivity contribution >= 4 is 11.6 Å². The predicted molar refractivity (Wildman–Crippen MR) is 205 cm³/mol. The summed E-state index contributed by atoms with van der Waals surface area (Å²) < 4.78 is 5.50. The Morgan fingerprint density at radius 3 is 1.46 bits per heavy atom. The average Bonchev–Trinajstić information content (AvgIpc) is 3.11. The highest BCUT2D eigenvalue weighted by molar-refractivity contribution is 5.94. The lowest BCUT2D eigenvalue weighted by molar-refractivity contribution is -0.188. The van der Waals surface area contributed by atoms with Crippen molar-refractivity contribution < 1.29 is 19.4 Å². The van der Waals surface area contributed by atoms with E-state index in [2.05, 4.69) is 62.5 Å². The number of nitrogens with zero attached hydrogens (tertiary/aromatic N) is 1. The SMILES string of the molecule is CCCCC/C=C\C/C=C\CCCCCCCC(=O)C(C)C(O)(C(=O)CCCCCCC/C=C\C/C=C\CCCCC)N1CCOCC1. The van der Waals surface area contributed by atoms with Gasteiger partial charge in [-0.25, -0.2) is 0 Å². The molecule has 1 fully saturated rings. The molecular formula is C43H75NO4. The summed E-state index contributed by atoms with van der Waals surface area (Å²) in [5.74, 6) is -0.925. The van der Waals surface area contributed by atoms with Gasteiger partial charge in [0.25, 0.3) is 0 Å². The molecule has 1 saturated heterocycles. The lowest BCUT2D eigenvalue weighted by Crippen LogP contribution is -2.63. The van der Waals surface area contributed by atoms with Crippen LogP contribution in [0.4, 0.5) is 0 Å². The van der Waals surface area contributed by atoms with Crippen LogP contribution in [0.1, 0.15) is 175 Å². The van der Waals surface area contributed by atoms with Crippen LogP contribution in [-0.2, 0) is 14.3 Å². The molecule has 1 rings (SSSR count). The van der Waals surface area contributed by atoms with Crippen LogP contribution in [0.3, 0.4) is 0 Å². The van der Waals surface area contributed by atoms with Crippen LogP contribution in [-0.4, -0.2) is 53.6 Å². The van der Waals surface area contributed by atoms with Crippen molar-refractivity contribution in [2.45, 2.75) is 181 Å². The summed E-state index contributed by atoms with van der Waals surface area (Å²) >= 11 is 0. The summed E-state index contributed by atoms with van der Waals surface area (Å²) in [5.41, 5.74) is -1.73. The van der Waals surface area contributed by atoms with E-state index >= 15 is 0 Å². The Labute approximate surface area is 296 Å². The largest absolute Gasteiger partial charge is 0.379 e. The number of carbonyl (C=O) groups excluding carboxylic acids is 2. The van der Waals surface area contributed by atoms with Crippen molar-refractivity contribution in [3.63, 3.8) is 0 Å². The highest BCUT2D eigenvalue weighted by Crippen LogP contribution is 2.29. The fourth-order valence-electron chi connectivity index (χ4n) is 6.43. The normalized spacial score (nSPS) is 16.5. The minimum absolute atomic E-state index is 0.00284. The lowest BCUT2D eigenvalue weighted by atomic mass is 9.84. The first-order valence-electron chi connectivity index (χ1n) is 20.2. The molecule has 0 saturated carbocycles. The molecule has 1 N–H and O–H groups in total. The van der Waals surface area contributed by atoms with E-state index in [1.807, 2.05) is 4.90 Å². The zero-order valence-corrected chi connectivity index (χ0v) is 31.6. The lowest BCUT2D eigenvalue weighted by Gasteiger charge is -2.43. The number of Topliss-reactive ketones (excluding diaryl/α,β-unsaturated/α-hetero) is 2. The van der Waals surface area contributed by atoms with Crippen molar-refractivity contribution in [1.82, 2.24) is 4.90 Å². The summed E-state index contributed by atoms with van der Waals surface area (Å²) in [4.78, 5) is 28.6. The second-order valence-corrected chi connectivity index (χ2v) is 13.9. The van der Waals surface area contributed by atoms with Gasteiger partial charge in [-0.3, -0.25) is 14.5 Å². The smallest absolute Gasteiger partial charge is 0.187 e. The first-order valence-corrected chi connectivity index (χ1v) is 20.2. The molecule has 1 aliphatic heterocycles. The van der Waals surface area contributed by atoms with Crippen LogP contribution >= 0.6 is 0 Å². The van der Waals surface area contributed by atoms with Gasteiger partial charge in [0.1, 0.15) is 5.78 Å². The van der Waals surface area contributed by atoms with Crippen molar-refractivity contribution in [3.05, 3.63) is 48.6 Å². The van der Waals surface area contributed by atoms with Crippen LogP contribution in [0.15, 0.2) is 48.6 Å². The minimum atomic E-state index is -1.73. The molecule has 0 aliphatic carbocycles. The molecule has 0 aromatic heterocycles. The third-order valence-electron chi connectivity index (χ3n) is 9.72. The molecule has 5 nitrogen and oxygen atoms in total. The van der Waals surface area contributed by atoms with Crippen LogP contribution < -0.4 is 0 Å². The molecular weight excluding hydrogens is 594 g/mol. The van der Waals surface area contributed by atoms with Gasteiger partial charge < -0.3 is 9.84 Å². The van der Waals surface area contributed by atoms with Gasteiger partial charge in [0.05, 0.1) is 19.1 Å². The molecule has 0 spiro atoms. The molecule has 48 heavy (non-hydrogen) atoms. The van der Waals surface area contributed by atoms with Crippen LogP contribution in [0, 0.1) is 5.92 Å². The van der Waals surface area contributed by atoms with Crippen LogP contribution in [0.2, 0.25) is 0 Å².